The van der Waals surface area contributed by atoms with Crippen molar-refractivity contribution in [3.63, 3.8) is 0 Å². The fraction of sp³-hybridized carbons (Fsp3) is 0.600. The molecule has 2 saturated carbocycles. The first-order valence-electron chi connectivity index (χ1n) is 4.69. The van der Waals surface area contributed by atoms with Gasteiger partial charge in [-0.15, -0.1) is 0 Å². The Balaban J connectivity index is 2.31. The zero-order valence-electron chi connectivity index (χ0n) is 7.38. The third kappa shape index (κ3) is 1.50. The van der Waals surface area contributed by atoms with Gasteiger partial charge in [0, 0.05) is 18.8 Å². The quantitative estimate of drug-likeness (QED) is 0.378. The predicted molar refractivity (Wildman–Crippen MR) is 46.2 cm³/mol. The van der Waals surface area contributed by atoms with Crippen LogP contribution in [0.2, 0.25) is 0 Å². The van der Waals surface area contributed by atoms with Gasteiger partial charge >= 0.3 is 0 Å². The van der Waals surface area contributed by atoms with E-state index >= 15 is 0 Å². The van der Waals surface area contributed by atoms with Crippen LogP contribution in [0.5, 0.6) is 0 Å². The highest BCUT2D eigenvalue weighted by Gasteiger charge is 2.34. The van der Waals surface area contributed by atoms with E-state index in [0.717, 1.165) is 12.8 Å². The number of hydrogen-bond donors (Lipinski definition) is 1. The van der Waals surface area contributed by atoms with Crippen molar-refractivity contribution in [2.24, 2.45) is 5.92 Å². The molecule has 0 unspecified atom stereocenters. The van der Waals surface area contributed by atoms with Crippen LogP contribution in [-0.2, 0) is 9.59 Å². The van der Waals surface area contributed by atoms with Crippen molar-refractivity contribution in [1.29, 1.82) is 0 Å². The van der Waals surface area contributed by atoms with Gasteiger partial charge in [-0.25, -0.2) is 0 Å². The van der Waals surface area contributed by atoms with Crippen LogP contribution in [0, 0.1) is 5.92 Å². The first-order valence-corrected chi connectivity index (χ1v) is 4.69. The maximum atomic E-state index is 11.3. The Kier molecular flexibility index (Phi) is 1.94. The van der Waals surface area contributed by atoms with Crippen molar-refractivity contribution < 1.29 is 14.7 Å². The number of carbonyl (C=O) groups is 2. The molecule has 2 aliphatic carbocycles. The van der Waals surface area contributed by atoms with Crippen LogP contribution in [0.4, 0.5) is 0 Å². The summed E-state index contributed by atoms with van der Waals surface area (Å²) < 4.78 is 0. The average molecular weight is 180 g/mol. The predicted octanol–water partition coefficient (Wildman–Crippen LogP) is 1.53. The Morgan fingerprint density at radius 2 is 1.69 bits per heavy atom. The van der Waals surface area contributed by atoms with Gasteiger partial charge in [0.1, 0.15) is 5.76 Å². The first kappa shape index (κ1) is 8.48. The SMILES string of the molecule is O=C1CCCC(=O)C1=C(O)C1CC1. The molecule has 0 radical (unpaired) electrons. The molecular weight excluding hydrogens is 168 g/mol. The van der Waals surface area contributed by atoms with E-state index in [1.807, 2.05) is 0 Å². The fourth-order valence-corrected chi connectivity index (χ4v) is 1.66. The molecule has 0 aromatic carbocycles. The summed E-state index contributed by atoms with van der Waals surface area (Å²) in [4.78, 5) is 22.7. The van der Waals surface area contributed by atoms with Gasteiger partial charge < -0.3 is 5.11 Å². The summed E-state index contributed by atoms with van der Waals surface area (Å²) in [6.45, 7) is 0. The highest BCUT2D eigenvalue weighted by Crippen LogP contribution is 2.38. The number of hydrogen-bond acceptors (Lipinski definition) is 3. The molecule has 2 aliphatic rings. The summed E-state index contributed by atoms with van der Waals surface area (Å²) >= 11 is 0. The van der Waals surface area contributed by atoms with Crippen LogP contribution in [0.1, 0.15) is 32.1 Å². The molecule has 3 heteroatoms. The monoisotopic (exact) mass is 180 g/mol. The normalized spacial score (nSPS) is 23.5. The minimum atomic E-state index is -0.166. The second-order valence-electron chi connectivity index (χ2n) is 3.73. The molecule has 0 aromatic heterocycles. The highest BCUT2D eigenvalue weighted by molar-refractivity contribution is 6.22. The van der Waals surface area contributed by atoms with Gasteiger partial charge in [0.05, 0.1) is 5.57 Å². The molecule has 0 aromatic rings. The molecule has 0 amide bonds. The van der Waals surface area contributed by atoms with E-state index in [0.29, 0.717) is 19.3 Å². The standard InChI is InChI=1S/C10H12O3/c11-7-2-1-3-8(12)9(7)10(13)6-4-5-6/h6,13H,1-5H2. The largest absolute Gasteiger partial charge is 0.511 e. The summed E-state index contributed by atoms with van der Waals surface area (Å²) in [6, 6.07) is 0. The van der Waals surface area contributed by atoms with Gasteiger partial charge in [-0.3, -0.25) is 9.59 Å². The summed E-state index contributed by atoms with van der Waals surface area (Å²) in [5.74, 6) is -0.169. The molecule has 13 heavy (non-hydrogen) atoms. The van der Waals surface area contributed by atoms with Crippen molar-refractivity contribution in [3.05, 3.63) is 11.3 Å². The number of carbonyl (C=O) groups excluding carboxylic acids is 2. The molecule has 70 valence electrons. The number of rotatable bonds is 1. The average Bonchev–Trinajstić information content (AvgIpc) is 2.85. The van der Waals surface area contributed by atoms with E-state index in [-0.39, 0.29) is 28.8 Å². The molecule has 3 nitrogen and oxygen atoms in total. The molecule has 0 bridgehead atoms. The lowest BCUT2D eigenvalue weighted by atomic mass is 9.90. The fourth-order valence-electron chi connectivity index (χ4n) is 1.66. The molecule has 1 N–H and O–H groups in total. The lowest BCUT2D eigenvalue weighted by Gasteiger charge is -2.13. The molecule has 0 saturated heterocycles. The first-order chi connectivity index (χ1) is 6.20. The van der Waals surface area contributed by atoms with Crippen molar-refractivity contribution in [2.75, 3.05) is 0 Å². The lowest BCUT2D eigenvalue weighted by molar-refractivity contribution is -0.124. The van der Waals surface area contributed by atoms with Crippen molar-refractivity contribution in [3.8, 4) is 0 Å². The van der Waals surface area contributed by atoms with Gasteiger partial charge in [0.15, 0.2) is 11.6 Å². The van der Waals surface area contributed by atoms with Gasteiger partial charge in [-0.1, -0.05) is 0 Å². The van der Waals surface area contributed by atoms with Crippen molar-refractivity contribution in [1.82, 2.24) is 0 Å². The third-order valence-electron chi connectivity index (χ3n) is 2.59. The minimum absolute atomic E-state index is 0.0645. The molecule has 0 heterocycles. The lowest BCUT2D eigenvalue weighted by Crippen LogP contribution is -2.21. The minimum Gasteiger partial charge on any atom is -0.511 e. The zero-order chi connectivity index (χ0) is 9.42. The molecule has 0 aliphatic heterocycles. The van der Waals surface area contributed by atoms with E-state index in [1.54, 1.807) is 0 Å². The number of aliphatic hydroxyl groups is 1. The van der Waals surface area contributed by atoms with E-state index in [1.165, 1.54) is 0 Å². The molecule has 2 fully saturated rings. The summed E-state index contributed by atoms with van der Waals surface area (Å²) in [5, 5.41) is 9.59. The molecule has 0 spiro atoms. The summed E-state index contributed by atoms with van der Waals surface area (Å²) in [7, 11) is 0. The topological polar surface area (TPSA) is 54.4 Å². The number of Topliss-reactive ketones (excluding diaryl/α,β-unsaturated/α-hetero) is 2. The van der Waals surface area contributed by atoms with Crippen LogP contribution in [-0.4, -0.2) is 16.7 Å². The van der Waals surface area contributed by atoms with E-state index in [9.17, 15) is 14.7 Å². The van der Waals surface area contributed by atoms with Crippen molar-refractivity contribution >= 4 is 11.6 Å². The smallest absolute Gasteiger partial charge is 0.169 e. The Labute approximate surface area is 76.4 Å². The Morgan fingerprint density at radius 1 is 1.15 bits per heavy atom. The number of allylic oxidation sites excluding steroid dienone is 2. The van der Waals surface area contributed by atoms with E-state index in [2.05, 4.69) is 0 Å². The zero-order valence-corrected chi connectivity index (χ0v) is 7.38. The summed E-state index contributed by atoms with van der Waals surface area (Å²) in [6.07, 6.45) is 3.29. The van der Waals surface area contributed by atoms with E-state index < -0.39 is 0 Å². The number of ketones is 2. The van der Waals surface area contributed by atoms with Gasteiger partial charge in [0.25, 0.3) is 0 Å². The van der Waals surface area contributed by atoms with Gasteiger partial charge in [-0.2, -0.15) is 0 Å². The van der Waals surface area contributed by atoms with Gasteiger partial charge in [-0.05, 0) is 19.3 Å². The van der Waals surface area contributed by atoms with Crippen LogP contribution in [0.3, 0.4) is 0 Å². The Bertz CT molecular complexity index is 279. The van der Waals surface area contributed by atoms with Crippen molar-refractivity contribution in [2.45, 2.75) is 32.1 Å². The Hall–Kier alpha value is -1.12. The van der Waals surface area contributed by atoms with Crippen LogP contribution >= 0.6 is 0 Å². The second kappa shape index (κ2) is 2.98. The molecule has 2 rings (SSSR count). The maximum Gasteiger partial charge on any atom is 0.169 e. The Morgan fingerprint density at radius 3 is 2.15 bits per heavy atom. The second-order valence-corrected chi connectivity index (χ2v) is 3.73. The van der Waals surface area contributed by atoms with Crippen LogP contribution in [0.15, 0.2) is 11.3 Å². The third-order valence-corrected chi connectivity index (χ3v) is 2.59. The molecular formula is C10H12O3. The maximum absolute atomic E-state index is 11.3. The highest BCUT2D eigenvalue weighted by atomic mass is 16.3. The van der Waals surface area contributed by atoms with Crippen LogP contribution in [0.25, 0.3) is 0 Å². The number of aliphatic hydroxyl groups excluding tert-OH is 1. The van der Waals surface area contributed by atoms with Gasteiger partial charge in [0.2, 0.25) is 0 Å². The molecule has 0 atom stereocenters. The van der Waals surface area contributed by atoms with E-state index in [4.69, 9.17) is 0 Å². The van der Waals surface area contributed by atoms with Crippen LogP contribution < -0.4 is 0 Å². The summed E-state index contributed by atoms with van der Waals surface area (Å²) in [5.41, 5.74) is 0.105.